The Balaban J connectivity index is 1.25. The molecule has 3 aromatic rings. The third kappa shape index (κ3) is 4.20. The van der Waals surface area contributed by atoms with Crippen LogP contribution < -0.4 is 5.32 Å². The average molecular weight is 390 g/mol. The lowest BCUT2D eigenvalue weighted by Crippen LogP contribution is -2.30. The van der Waals surface area contributed by atoms with Crippen molar-refractivity contribution in [2.75, 3.05) is 11.9 Å². The maximum absolute atomic E-state index is 13.8. The first-order chi connectivity index (χ1) is 13.2. The molecule has 2 heterocycles. The predicted molar refractivity (Wildman–Crippen MR) is 102 cm³/mol. The van der Waals surface area contributed by atoms with Crippen LogP contribution in [0.5, 0.6) is 0 Å². The molecule has 0 saturated heterocycles. The SMILES string of the molecule is Fc1cccc(Cl)c1CCOC1CCC(Nc2ncnc3[nH]ncc23)CC1. The topological polar surface area (TPSA) is 75.7 Å². The Morgan fingerprint density at radius 1 is 1.22 bits per heavy atom. The minimum absolute atomic E-state index is 0.202. The van der Waals surface area contributed by atoms with E-state index in [-0.39, 0.29) is 11.9 Å². The maximum Gasteiger partial charge on any atom is 0.160 e. The Labute approximate surface area is 161 Å². The number of rotatable bonds is 6. The predicted octanol–water partition coefficient (Wildman–Crippen LogP) is 4.13. The Kier molecular flexibility index (Phi) is 5.50. The Morgan fingerprint density at radius 2 is 2.07 bits per heavy atom. The molecule has 1 aromatic carbocycles. The fourth-order valence-corrected chi connectivity index (χ4v) is 3.80. The number of halogens is 2. The lowest BCUT2D eigenvalue weighted by molar-refractivity contribution is 0.0280. The summed E-state index contributed by atoms with van der Waals surface area (Å²) in [7, 11) is 0. The van der Waals surface area contributed by atoms with Crippen molar-refractivity contribution >= 4 is 28.5 Å². The second kappa shape index (κ2) is 8.19. The summed E-state index contributed by atoms with van der Waals surface area (Å²) in [4.78, 5) is 8.48. The minimum atomic E-state index is -0.269. The molecule has 0 aliphatic heterocycles. The van der Waals surface area contributed by atoms with Crippen LogP contribution in [0.25, 0.3) is 11.0 Å². The van der Waals surface area contributed by atoms with Crippen molar-refractivity contribution in [3.05, 3.63) is 47.1 Å². The summed E-state index contributed by atoms with van der Waals surface area (Å²) in [6.07, 6.45) is 7.87. The number of hydrogen-bond acceptors (Lipinski definition) is 5. The summed E-state index contributed by atoms with van der Waals surface area (Å²) in [5.41, 5.74) is 1.26. The first-order valence-electron chi connectivity index (χ1n) is 9.16. The van der Waals surface area contributed by atoms with E-state index in [9.17, 15) is 4.39 Å². The van der Waals surface area contributed by atoms with Crippen LogP contribution in [0.2, 0.25) is 5.02 Å². The molecule has 0 radical (unpaired) electrons. The normalized spacial score (nSPS) is 20.1. The van der Waals surface area contributed by atoms with Gasteiger partial charge in [0.1, 0.15) is 18.0 Å². The lowest BCUT2D eigenvalue weighted by atomic mass is 9.93. The third-order valence-electron chi connectivity index (χ3n) is 5.03. The van der Waals surface area contributed by atoms with E-state index in [0.717, 1.165) is 42.5 Å². The molecule has 6 nitrogen and oxygen atoms in total. The number of ether oxygens (including phenoxy) is 1. The van der Waals surface area contributed by atoms with Crippen LogP contribution in [-0.4, -0.2) is 38.9 Å². The zero-order chi connectivity index (χ0) is 18.6. The molecular weight excluding hydrogens is 369 g/mol. The molecule has 8 heteroatoms. The highest BCUT2D eigenvalue weighted by molar-refractivity contribution is 6.31. The first kappa shape index (κ1) is 18.1. The monoisotopic (exact) mass is 389 g/mol. The zero-order valence-corrected chi connectivity index (χ0v) is 15.5. The van der Waals surface area contributed by atoms with E-state index >= 15 is 0 Å². The smallest absolute Gasteiger partial charge is 0.160 e. The fourth-order valence-electron chi connectivity index (χ4n) is 3.55. The van der Waals surface area contributed by atoms with Crippen molar-refractivity contribution in [1.29, 1.82) is 0 Å². The van der Waals surface area contributed by atoms with E-state index in [2.05, 4.69) is 25.5 Å². The highest BCUT2D eigenvalue weighted by atomic mass is 35.5. The molecule has 1 saturated carbocycles. The summed E-state index contributed by atoms with van der Waals surface area (Å²) >= 11 is 6.06. The standard InChI is InChI=1S/C19H21ClFN5O/c20-16-2-1-3-17(21)14(16)8-9-27-13-6-4-12(5-7-13)25-18-15-10-24-26-19(15)23-11-22-18/h1-3,10-13H,4-9H2,(H2,22,23,24,25,26). The summed E-state index contributed by atoms with van der Waals surface area (Å²) in [5, 5.41) is 11.7. The van der Waals surface area contributed by atoms with Crippen LogP contribution >= 0.6 is 11.6 Å². The number of benzene rings is 1. The van der Waals surface area contributed by atoms with Gasteiger partial charge in [0, 0.05) is 23.0 Å². The molecule has 4 rings (SSSR count). The Morgan fingerprint density at radius 3 is 2.89 bits per heavy atom. The van der Waals surface area contributed by atoms with Crippen LogP contribution in [0.1, 0.15) is 31.2 Å². The molecule has 2 aromatic heterocycles. The number of hydrogen-bond donors (Lipinski definition) is 2. The molecule has 0 unspecified atom stereocenters. The van der Waals surface area contributed by atoms with Crippen LogP contribution in [0.4, 0.5) is 10.2 Å². The number of nitrogens with one attached hydrogen (secondary N) is 2. The number of anilines is 1. The van der Waals surface area contributed by atoms with Crippen molar-refractivity contribution in [2.24, 2.45) is 0 Å². The molecule has 1 aliphatic rings. The molecule has 27 heavy (non-hydrogen) atoms. The summed E-state index contributed by atoms with van der Waals surface area (Å²) in [5.74, 6) is 0.543. The number of nitrogens with zero attached hydrogens (tertiary/aromatic N) is 3. The summed E-state index contributed by atoms with van der Waals surface area (Å²) in [6, 6.07) is 5.10. The molecule has 2 N–H and O–H groups in total. The van der Waals surface area contributed by atoms with Gasteiger partial charge in [-0.25, -0.2) is 14.4 Å². The maximum atomic E-state index is 13.8. The summed E-state index contributed by atoms with van der Waals surface area (Å²) in [6.45, 7) is 0.477. The highest BCUT2D eigenvalue weighted by Crippen LogP contribution is 2.26. The van der Waals surface area contributed by atoms with Gasteiger partial charge in [-0.1, -0.05) is 17.7 Å². The largest absolute Gasteiger partial charge is 0.378 e. The van der Waals surface area contributed by atoms with Gasteiger partial charge < -0.3 is 10.1 Å². The van der Waals surface area contributed by atoms with Gasteiger partial charge >= 0.3 is 0 Å². The van der Waals surface area contributed by atoms with Crippen LogP contribution in [0, 0.1) is 5.82 Å². The van der Waals surface area contributed by atoms with Gasteiger partial charge in [0.2, 0.25) is 0 Å². The van der Waals surface area contributed by atoms with Gasteiger partial charge in [-0.3, -0.25) is 5.10 Å². The lowest BCUT2D eigenvalue weighted by Gasteiger charge is -2.29. The second-order valence-corrected chi connectivity index (χ2v) is 7.20. The third-order valence-corrected chi connectivity index (χ3v) is 5.38. The highest BCUT2D eigenvalue weighted by Gasteiger charge is 2.22. The number of aromatic amines is 1. The Hall–Kier alpha value is -2.25. The van der Waals surface area contributed by atoms with Crippen LogP contribution in [0.3, 0.4) is 0 Å². The second-order valence-electron chi connectivity index (χ2n) is 6.79. The van der Waals surface area contributed by atoms with E-state index in [1.165, 1.54) is 12.4 Å². The van der Waals surface area contributed by atoms with Crippen molar-refractivity contribution in [2.45, 2.75) is 44.2 Å². The van der Waals surface area contributed by atoms with Gasteiger partial charge in [0.05, 0.1) is 24.3 Å². The van der Waals surface area contributed by atoms with Crippen molar-refractivity contribution in [3.63, 3.8) is 0 Å². The molecule has 0 spiro atoms. The quantitative estimate of drug-likeness (QED) is 0.663. The molecule has 1 aliphatic carbocycles. The van der Waals surface area contributed by atoms with E-state index in [1.54, 1.807) is 18.3 Å². The number of H-pyrrole nitrogens is 1. The van der Waals surface area contributed by atoms with E-state index < -0.39 is 0 Å². The van der Waals surface area contributed by atoms with E-state index in [4.69, 9.17) is 16.3 Å². The molecule has 142 valence electrons. The molecule has 0 atom stereocenters. The summed E-state index contributed by atoms with van der Waals surface area (Å²) < 4.78 is 19.8. The van der Waals surface area contributed by atoms with Crippen molar-refractivity contribution in [3.8, 4) is 0 Å². The van der Waals surface area contributed by atoms with Crippen molar-refractivity contribution in [1.82, 2.24) is 20.2 Å². The van der Waals surface area contributed by atoms with E-state index in [1.807, 2.05) is 0 Å². The van der Waals surface area contributed by atoms with Crippen molar-refractivity contribution < 1.29 is 9.13 Å². The molecular formula is C19H21ClFN5O. The first-order valence-corrected chi connectivity index (χ1v) is 9.53. The molecule has 1 fully saturated rings. The Bertz CT molecular complexity index is 890. The van der Waals surface area contributed by atoms with Crippen LogP contribution in [-0.2, 0) is 11.2 Å². The number of aromatic nitrogens is 4. The van der Waals surface area contributed by atoms with Gasteiger partial charge in [-0.15, -0.1) is 0 Å². The fraction of sp³-hybridized carbons (Fsp3) is 0.421. The van der Waals surface area contributed by atoms with Crippen LogP contribution in [0.15, 0.2) is 30.7 Å². The van der Waals surface area contributed by atoms with Gasteiger partial charge in [0.25, 0.3) is 0 Å². The molecule has 0 bridgehead atoms. The number of fused-ring (bicyclic) bond motifs is 1. The minimum Gasteiger partial charge on any atom is -0.378 e. The average Bonchev–Trinajstić information content (AvgIpc) is 3.15. The van der Waals surface area contributed by atoms with E-state index in [0.29, 0.717) is 29.7 Å². The zero-order valence-electron chi connectivity index (χ0n) is 14.8. The molecule has 0 amide bonds. The van der Waals surface area contributed by atoms with Gasteiger partial charge in [-0.05, 0) is 37.8 Å². The van der Waals surface area contributed by atoms with Gasteiger partial charge in [0.15, 0.2) is 5.65 Å². The van der Waals surface area contributed by atoms with Gasteiger partial charge in [-0.2, -0.15) is 5.10 Å².